The van der Waals surface area contributed by atoms with E-state index in [1.165, 1.54) is 6.07 Å². The largest absolute Gasteiger partial charge is 0.361 e. The molecule has 0 unspecified atom stereocenters. The van der Waals surface area contributed by atoms with Gasteiger partial charge in [0.05, 0.1) is 0 Å². The van der Waals surface area contributed by atoms with Crippen molar-refractivity contribution < 1.29 is 14.4 Å². The summed E-state index contributed by atoms with van der Waals surface area (Å²) in [6.07, 6.45) is 0. The maximum Gasteiger partial charge on any atom is 0.361 e. The highest BCUT2D eigenvalue weighted by Gasteiger charge is 2.22. The molecule has 0 aliphatic rings. The highest BCUT2D eigenvalue weighted by molar-refractivity contribution is 7.60. The average molecular weight is 377 g/mol. The van der Waals surface area contributed by atoms with E-state index in [2.05, 4.69) is 4.98 Å². The van der Waals surface area contributed by atoms with Gasteiger partial charge in [0, 0.05) is 5.52 Å². The smallest absolute Gasteiger partial charge is 0.321 e. The van der Waals surface area contributed by atoms with E-state index in [4.69, 9.17) is 0 Å². The van der Waals surface area contributed by atoms with E-state index < -0.39 is 18.5 Å². The molecule has 0 fully saturated rings. The first kappa shape index (κ1) is 17.4. The fourth-order valence-corrected chi connectivity index (χ4v) is 3.70. The number of H-pyrrole nitrogens is 1. The standard InChI is InChI=1S/C21H16NO4P/c23-21-20(27(24,25)26)13-18-12-17(10-11-19(18)22-21)16-8-6-15(7-9-16)14-4-2-1-3-5-14/h1-13H,(H,22,23)(H2,24,25,26). The Morgan fingerprint density at radius 1 is 0.704 bits per heavy atom. The monoisotopic (exact) mass is 377 g/mol. The fraction of sp³-hybridized carbons (Fsp3) is 0. The van der Waals surface area contributed by atoms with Gasteiger partial charge >= 0.3 is 7.60 Å². The zero-order chi connectivity index (χ0) is 19.0. The van der Waals surface area contributed by atoms with Crippen molar-refractivity contribution in [2.75, 3.05) is 0 Å². The Bertz CT molecular complexity index is 1220. The summed E-state index contributed by atoms with van der Waals surface area (Å²) < 4.78 is 11.5. The van der Waals surface area contributed by atoms with E-state index in [1.54, 1.807) is 6.07 Å². The molecular formula is C21H16NO4P. The molecule has 4 aromatic rings. The molecule has 0 aliphatic heterocycles. The van der Waals surface area contributed by atoms with E-state index in [9.17, 15) is 19.1 Å². The second-order valence-electron chi connectivity index (χ2n) is 6.27. The van der Waals surface area contributed by atoms with Crippen LogP contribution in [0.25, 0.3) is 33.2 Å². The minimum absolute atomic E-state index is 0.522. The Morgan fingerprint density at radius 3 is 1.89 bits per heavy atom. The summed E-state index contributed by atoms with van der Waals surface area (Å²) in [5, 5.41) is 0.0455. The van der Waals surface area contributed by atoms with Crippen molar-refractivity contribution in [3.05, 3.63) is 89.2 Å². The SMILES string of the molecule is O=c1[nH]c2ccc(-c3ccc(-c4ccccc4)cc3)cc2cc1P(=O)(O)O. The average Bonchev–Trinajstić information content (AvgIpc) is 2.67. The molecule has 4 rings (SSSR count). The zero-order valence-electron chi connectivity index (χ0n) is 14.2. The molecule has 1 aromatic heterocycles. The van der Waals surface area contributed by atoms with Crippen molar-refractivity contribution in [2.24, 2.45) is 0 Å². The first-order chi connectivity index (χ1) is 12.9. The van der Waals surface area contributed by atoms with Gasteiger partial charge in [-0.25, -0.2) is 0 Å². The number of rotatable bonds is 3. The predicted octanol–water partition coefficient (Wildman–Crippen LogP) is 3.67. The van der Waals surface area contributed by atoms with Gasteiger partial charge in [-0.3, -0.25) is 9.36 Å². The Kier molecular flexibility index (Phi) is 4.28. The molecular weight excluding hydrogens is 361 g/mol. The molecule has 0 atom stereocenters. The van der Waals surface area contributed by atoms with Gasteiger partial charge in [-0.15, -0.1) is 0 Å². The van der Waals surface area contributed by atoms with E-state index in [-0.39, 0.29) is 0 Å². The summed E-state index contributed by atoms with van der Waals surface area (Å²) in [5.41, 5.74) is 3.86. The minimum atomic E-state index is -4.63. The third-order valence-corrected chi connectivity index (χ3v) is 5.42. The molecule has 0 radical (unpaired) electrons. The molecule has 1 heterocycles. The molecule has 0 spiro atoms. The summed E-state index contributed by atoms with van der Waals surface area (Å²) in [6.45, 7) is 0. The maximum atomic E-state index is 11.9. The molecule has 6 heteroatoms. The summed E-state index contributed by atoms with van der Waals surface area (Å²) >= 11 is 0. The van der Waals surface area contributed by atoms with Crippen LogP contribution >= 0.6 is 7.60 Å². The van der Waals surface area contributed by atoms with Crippen molar-refractivity contribution in [1.82, 2.24) is 4.98 Å². The van der Waals surface area contributed by atoms with Crippen LogP contribution in [0.3, 0.4) is 0 Å². The Hall–Kier alpha value is -2.98. The molecule has 5 nitrogen and oxygen atoms in total. The lowest BCUT2D eigenvalue weighted by molar-refractivity contribution is 0.387. The van der Waals surface area contributed by atoms with Gasteiger partial charge in [-0.05, 0) is 45.8 Å². The lowest BCUT2D eigenvalue weighted by Gasteiger charge is -2.08. The number of pyridine rings is 1. The molecule has 0 amide bonds. The highest BCUT2D eigenvalue weighted by Crippen LogP contribution is 2.33. The van der Waals surface area contributed by atoms with Gasteiger partial charge in [0.15, 0.2) is 0 Å². The zero-order valence-corrected chi connectivity index (χ0v) is 15.1. The van der Waals surface area contributed by atoms with Gasteiger partial charge in [0.1, 0.15) is 5.30 Å². The number of nitrogens with one attached hydrogen (secondary N) is 1. The van der Waals surface area contributed by atoms with E-state index >= 15 is 0 Å². The predicted molar refractivity (Wildman–Crippen MR) is 107 cm³/mol. The molecule has 0 saturated heterocycles. The Labute approximate surface area is 155 Å². The molecule has 27 heavy (non-hydrogen) atoms. The van der Waals surface area contributed by atoms with Crippen LogP contribution in [0.1, 0.15) is 0 Å². The minimum Gasteiger partial charge on any atom is -0.321 e. The summed E-state index contributed by atoms with van der Waals surface area (Å²) in [6, 6.07) is 24.8. The van der Waals surface area contributed by atoms with Gasteiger partial charge in [-0.2, -0.15) is 0 Å². The molecule has 134 valence electrons. The normalized spacial score (nSPS) is 11.6. The van der Waals surface area contributed by atoms with E-state index in [1.807, 2.05) is 66.7 Å². The Balaban J connectivity index is 1.77. The second-order valence-corrected chi connectivity index (χ2v) is 7.84. The van der Waals surface area contributed by atoms with Crippen molar-refractivity contribution in [2.45, 2.75) is 0 Å². The number of aromatic nitrogens is 1. The number of benzene rings is 3. The van der Waals surface area contributed by atoms with Crippen LogP contribution in [-0.4, -0.2) is 14.8 Å². The van der Waals surface area contributed by atoms with Gasteiger partial charge in [0.2, 0.25) is 0 Å². The molecule has 0 saturated carbocycles. The number of hydrogen-bond donors (Lipinski definition) is 3. The van der Waals surface area contributed by atoms with Crippen LogP contribution in [0.15, 0.2) is 83.7 Å². The van der Waals surface area contributed by atoms with Crippen molar-refractivity contribution in [3.63, 3.8) is 0 Å². The quantitative estimate of drug-likeness (QED) is 0.475. The topological polar surface area (TPSA) is 90.4 Å². The van der Waals surface area contributed by atoms with Crippen LogP contribution in [0.4, 0.5) is 0 Å². The number of aromatic amines is 1. The Morgan fingerprint density at radius 2 is 1.26 bits per heavy atom. The summed E-state index contributed by atoms with van der Waals surface area (Å²) in [5.74, 6) is 0. The maximum absolute atomic E-state index is 11.9. The van der Waals surface area contributed by atoms with Crippen LogP contribution in [0, 0.1) is 0 Å². The second kappa shape index (κ2) is 6.63. The van der Waals surface area contributed by atoms with Gasteiger partial charge < -0.3 is 14.8 Å². The summed E-state index contributed by atoms with van der Waals surface area (Å²) in [7, 11) is -4.63. The number of hydrogen-bond acceptors (Lipinski definition) is 2. The van der Waals surface area contributed by atoms with Crippen LogP contribution < -0.4 is 10.9 Å². The van der Waals surface area contributed by atoms with Gasteiger partial charge in [0.25, 0.3) is 5.56 Å². The van der Waals surface area contributed by atoms with Crippen LogP contribution in [-0.2, 0) is 4.57 Å². The molecule has 3 N–H and O–H groups in total. The third kappa shape index (κ3) is 3.49. The fourth-order valence-electron chi connectivity index (χ4n) is 3.08. The number of fused-ring (bicyclic) bond motifs is 1. The van der Waals surface area contributed by atoms with E-state index in [0.29, 0.717) is 10.9 Å². The lowest BCUT2D eigenvalue weighted by Crippen LogP contribution is -2.26. The molecule has 0 bridgehead atoms. The van der Waals surface area contributed by atoms with Crippen molar-refractivity contribution in [1.29, 1.82) is 0 Å². The lowest BCUT2D eigenvalue weighted by atomic mass is 9.99. The first-order valence-corrected chi connectivity index (χ1v) is 9.92. The van der Waals surface area contributed by atoms with Crippen molar-refractivity contribution >= 4 is 23.8 Å². The highest BCUT2D eigenvalue weighted by atomic mass is 31.2. The van der Waals surface area contributed by atoms with Crippen molar-refractivity contribution in [3.8, 4) is 22.3 Å². The summed E-state index contributed by atoms with van der Waals surface area (Å²) in [4.78, 5) is 33.1. The van der Waals surface area contributed by atoms with Gasteiger partial charge in [-0.1, -0.05) is 60.7 Å². The van der Waals surface area contributed by atoms with Crippen LogP contribution in [0.5, 0.6) is 0 Å². The third-order valence-electron chi connectivity index (χ3n) is 4.46. The first-order valence-electron chi connectivity index (χ1n) is 8.31. The molecule has 3 aromatic carbocycles. The molecule has 0 aliphatic carbocycles. The van der Waals surface area contributed by atoms with E-state index in [0.717, 1.165) is 22.3 Å². The van der Waals surface area contributed by atoms with Crippen LogP contribution in [0.2, 0.25) is 0 Å².